The molecule has 0 spiro atoms. The summed E-state index contributed by atoms with van der Waals surface area (Å²) in [5, 5.41) is 27.9. The minimum absolute atomic E-state index is 0.241. The fourth-order valence-corrected chi connectivity index (χ4v) is 1.77. The Bertz CT molecular complexity index is 260. The standard InChI is InChI=1S/C8H13NO6/c10-3-4-5(11)6(12)7(15-4)9-1-2-14-8(9)13/h4-7,10-12H,1-3H2/t4-,5+,6-,7?/m1/s1. The van der Waals surface area contributed by atoms with Crippen molar-refractivity contribution in [1.29, 1.82) is 0 Å². The highest BCUT2D eigenvalue weighted by Crippen LogP contribution is 2.25. The summed E-state index contributed by atoms with van der Waals surface area (Å²) < 4.78 is 9.85. The lowest BCUT2D eigenvalue weighted by Crippen LogP contribution is -2.44. The van der Waals surface area contributed by atoms with Gasteiger partial charge < -0.3 is 24.8 Å². The number of aliphatic hydroxyl groups excluding tert-OH is 3. The van der Waals surface area contributed by atoms with E-state index in [0.717, 1.165) is 0 Å². The third-order valence-corrected chi connectivity index (χ3v) is 2.62. The SMILES string of the molecule is O=C1OCCN1C1O[C@H](CO)[C@H](O)[C@H]1O. The van der Waals surface area contributed by atoms with Crippen LogP contribution in [0.4, 0.5) is 4.79 Å². The zero-order valence-corrected chi connectivity index (χ0v) is 7.94. The van der Waals surface area contributed by atoms with E-state index in [1.807, 2.05) is 0 Å². The maximum atomic E-state index is 11.2. The first-order valence-electron chi connectivity index (χ1n) is 4.71. The lowest BCUT2D eigenvalue weighted by molar-refractivity contribution is -0.0751. The van der Waals surface area contributed by atoms with Crippen molar-refractivity contribution in [2.24, 2.45) is 0 Å². The van der Waals surface area contributed by atoms with E-state index >= 15 is 0 Å². The molecule has 4 atom stereocenters. The first kappa shape index (κ1) is 10.6. The molecule has 3 N–H and O–H groups in total. The van der Waals surface area contributed by atoms with Crippen molar-refractivity contribution < 1.29 is 29.6 Å². The van der Waals surface area contributed by atoms with Gasteiger partial charge in [-0.15, -0.1) is 0 Å². The van der Waals surface area contributed by atoms with Crippen LogP contribution in [0.25, 0.3) is 0 Å². The number of ether oxygens (including phenoxy) is 2. The van der Waals surface area contributed by atoms with Crippen molar-refractivity contribution in [1.82, 2.24) is 4.90 Å². The maximum Gasteiger partial charge on any atom is 0.412 e. The highest BCUT2D eigenvalue weighted by molar-refractivity contribution is 5.69. The number of nitrogens with zero attached hydrogens (tertiary/aromatic N) is 1. The molecule has 0 aliphatic carbocycles. The average molecular weight is 219 g/mol. The van der Waals surface area contributed by atoms with Crippen LogP contribution in [0.2, 0.25) is 0 Å². The van der Waals surface area contributed by atoms with E-state index in [9.17, 15) is 15.0 Å². The second kappa shape index (κ2) is 3.93. The Balaban J connectivity index is 2.07. The van der Waals surface area contributed by atoms with Crippen molar-refractivity contribution in [2.75, 3.05) is 19.8 Å². The maximum absolute atomic E-state index is 11.2. The van der Waals surface area contributed by atoms with Crippen LogP contribution in [0, 0.1) is 0 Å². The largest absolute Gasteiger partial charge is 0.447 e. The fourth-order valence-electron chi connectivity index (χ4n) is 1.77. The Labute approximate surface area is 85.8 Å². The van der Waals surface area contributed by atoms with Gasteiger partial charge >= 0.3 is 6.09 Å². The molecule has 0 bridgehead atoms. The van der Waals surface area contributed by atoms with Crippen LogP contribution in [-0.4, -0.2) is 70.6 Å². The summed E-state index contributed by atoms with van der Waals surface area (Å²) in [6.45, 7) is 0.147. The van der Waals surface area contributed by atoms with Crippen LogP contribution in [0.1, 0.15) is 0 Å². The van der Waals surface area contributed by atoms with Gasteiger partial charge in [0.25, 0.3) is 0 Å². The summed E-state index contributed by atoms with van der Waals surface area (Å²) in [7, 11) is 0. The summed E-state index contributed by atoms with van der Waals surface area (Å²) in [6, 6.07) is 0. The Morgan fingerprint density at radius 3 is 2.60 bits per heavy atom. The second-order valence-electron chi connectivity index (χ2n) is 3.54. The van der Waals surface area contributed by atoms with E-state index in [-0.39, 0.29) is 6.61 Å². The van der Waals surface area contributed by atoms with Crippen molar-refractivity contribution in [3.8, 4) is 0 Å². The number of cyclic esters (lactones) is 1. The molecule has 86 valence electrons. The molecule has 0 aromatic heterocycles. The molecule has 0 saturated carbocycles. The second-order valence-corrected chi connectivity index (χ2v) is 3.54. The molecule has 2 aliphatic heterocycles. The number of aliphatic hydroxyl groups is 3. The Hall–Kier alpha value is -0.890. The van der Waals surface area contributed by atoms with E-state index in [2.05, 4.69) is 4.74 Å². The summed E-state index contributed by atoms with van der Waals surface area (Å²) in [5.74, 6) is 0. The Morgan fingerprint density at radius 2 is 2.13 bits per heavy atom. The molecule has 7 heteroatoms. The quantitative estimate of drug-likeness (QED) is 0.491. The minimum atomic E-state index is -1.22. The molecule has 2 fully saturated rings. The van der Waals surface area contributed by atoms with Gasteiger partial charge in [-0.25, -0.2) is 4.79 Å². The van der Waals surface area contributed by atoms with Crippen molar-refractivity contribution in [3.05, 3.63) is 0 Å². The molecule has 2 aliphatic rings. The molecule has 0 aromatic carbocycles. The van der Waals surface area contributed by atoms with Crippen LogP contribution in [0.15, 0.2) is 0 Å². The molecule has 0 aromatic rings. The van der Waals surface area contributed by atoms with Gasteiger partial charge in [-0.1, -0.05) is 0 Å². The van der Waals surface area contributed by atoms with Gasteiger partial charge in [0.05, 0.1) is 13.2 Å². The van der Waals surface area contributed by atoms with Gasteiger partial charge in [0.2, 0.25) is 0 Å². The number of carbonyl (C=O) groups excluding carboxylic acids is 1. The van der Waals surface area contributed by atoms with Gasteiger partial charge in [-0.05, 0) is 0 Å². The molecule has 2 saturated heterocycles. The van der Waals surface area contributed by atoms with Gasteiger partial charge in [0, 0.05) is 0 Å². The smallest absolute Gasteiger partial charge is 0.412 e. The lowest BCUT2D eigenvalue weighted by atomic mass is 10.1. The third kappa shape index (κ3) is 1.67. The van der Waals surface area contributed by atoms with Gasteiger partial charge in [-0.3, -0.25) is 4.90 Å². The topological polar surface area (TPSA) is 99.5 Å². The molecule has 2 rings (SSSR count). The number of carbonyl (C=O) groups is 1. The Morgan fingerprint density at radius 1 is 1.40 bits per heavy atom. The van der Waals surface area contributed by atoms with Gasteiger partial charge in [-0.2, -0.15) is 0 Å². The molecular weight excluding hydrogens is 206 g/mol. The molecule has 7 nitrogen and oxygen atoms in total. The first-order valence-corrected chi connectivity index (χ1v) is 4.71. The van der Waals surface area contributed by atoms with E-state index < -0.39 is 37.2 Å². The molecule has 1 unspecified atom stereocenters. The van der Waals surface area contributed by atoms with E-state index in [1.54, 1.807) is 0 Å². The van der Waals surface area contributed by atoms with Crippen molar-refractivity contribution in [3.63, 3.8) is 0 Å². The number of amides is 1. The first-order chi connectivity index (χ1) is 7.15. The minimum Gasteiger partial charge on any atom is -0.447 e. The van der Waals surface area contributed by atoms with Crippen LogP contribution in [0.3, 0.4) is 0 Å². The molecule has 1 amide bonds. The zero-order valence-electron chi connectivity index (χ0n) is 7.94. The van der Waals surface area contributed by atoms with E-state index in [1.165, 1.54) is 4.90 Å². The summed E-state index contributed by atoms with van der Waals surface area (Å²) in [4.78, 5) is 12.4. The van der Waals surface area contributed by atoms with Crippen molar-refractivity contribution in [2.45, 2.75) is 24.5 Å². The fraction of sp³-hybridized carbons (Fsp3) is 0.875. The highest BCUT2D eigenvalue weighted by atomic mass is 16.6. The van der Waals surface area contributed by atoms with Crippen molar-refractivity contribution >= 4 is 6.09 Å². The normalized spacial score (nSPS) is 41.0. The van der Waals surface area contributed by atoms with Gasteiger partial charge in [0.15, 0.2) is 6.23 Å². The summed E-state index contributed by atoms with van der Waals surface area (Å²) >= 11 is 0. The predicted molar refractivity (Wildman–Crippen MR) is 45.8 cm³/mol. The molecular formula is C8H13NO6. The monoisotopic (exact) mass is 219 g/mol. The number of rotatable bonds is 2. The van der Waals surface area contributed by atoms with Crippen LogP contribution >= 0.6 is 0 Å². The molecule has 0 radical (unpaired) electrons. The summed E-state index contributed by atoms with van der Waals surface area (Å²) in [6.07, 6.45) is -4.78. The van der Waals surface area contributed by atoms with Crippen LogP contribution in [0.5, 0.6) is 0 Å². The molecule has 2 heterocycles. The lowest BCUT2D eigenvalue weighted by Gasteiger charge is -2.23. The predicted octanol–water partition coefficient (Wildman–Crippen LogP) is -2.12. The summed E-state index contributed by atoms with van der Waals surface area (Å²) in [5.41, 5.74) is 0. The molecule has 15 heavy (non-hydrogen) atoms. The Kier molecular flexibility index (Phi) is 2.79. The van der Waals surface area contributed by atoms with Crippen LogP contribution < -0.4 is 0 Å². The van der Waals surface area contributed by atoms with Crippen LogP contribution in [-0.2, 0) is 9.47 Å². The third-order valence-electron chi connectivity index (χ3n) is 2.62. The van der Waals surface area contributed by atoms with E-state index in [0.29, 0.717) is 6.54 Å². The average Bonchev–Trinajstić information content (AvgIpc) is 2.74. The number of hydrogen-bond acceptors (Lipinski definition) is 6. The highest BCUT2D eigenvalue weighted by Gasteiger charge is 2.48. The zero-order chi connectivity index (χ0) is 11.0. The van der Waals surface area contributed by atoms with E-state index in [4.69, 9.17) is 9.84 Å². The van der Waals surface area contributed by atoms with Gasteiger partial charge in [0.1, 0.15) is 24.9 Å². The number of hydrogen-bond donors (Lipinski definition) is 3.